The van der Waals surface area contributed by atoms with Gasteiger partial charge in [-0.1, -0.05) is 41.6 Å². The maximum Gasteiger partial charge on any atom is 0.306 e. The van der Waals surface area contributed by atoms with Crippen molar-refractivity contribution in [2.75, 3.05) is 13.7 Å². The average molecular weight is 503 g/mol. The third-order valence-corrected chi connectivity index (χ3v) is 6.15. The zero-order chi connectivity index (χ0) is 24.5. The summed E-state index contributed by atoms with van der Waals surface area (Å²) in [5.74, 6) is 1.34. The fraction of sp³-hybridized carbons (Fsp3) is 0.333. The van der Waals surface area contributed by atoms with Crippen LogP contribution in [-0.4, -0.2) is 40.4 Å². The van der Waals surface area contributed by atoms with Gasteiger partial charge in [-0.2, -0.15) is 0 Å². The second kappa shape index (κ2) is 12.4. The number of hydrogen-bond donors (Lipinski definition) is 1. The number of nitrogens with zero attached hydrogens (tertiary/aromatic N) is 3. The molecule has 2 aromatic carbocycles. The van der Waals surface area contributed by atoms with Crippen molar-refractivity contribution in [1.82, 2.24) is 20.1 Å². The van der Waals surface area contributed by atoms with Crippen LogP contribution in [0.3, 0.4) is 0 Å². The minimum atomic E-state index is -0.397. The third kappa shape index (κ3) is 6.98. The number of carbonyl (C=O) groups is 2. The van der Waals surface area contributed by atoms with Crippen molar-refractivity contribution in [3.8, 4) is 11.4 Å². The lowest BCUT2D eigenvalue weighted by molar-refractivity contribution is -0.144. The van der Waals surface area contributed by atoms with Gasteiger partial charge in [0.2, 0.25) is 5.91 Å². The lowest BCUT2D eigenvalue weighted by Crippen LogP contribution is -2.25. The SMILES string of the molecule is CCOC(=O)CCC(=O)NCc1nnc(SCc2cccc(OC)c2)n1-c1cc(Cl)ccc1C. The van der Waals surface area contributed by atoms with Crippen molar-refractivity contribution in [3.63, 3.8) is 0 Å². The lowest BCUT2D eigenvalue weighted by atomic mass is 10.2. The fourth-order valence-corrected chi connectivity index (χ4v) is 4.27. The quantitative estimate of drug-likeness (QED) is 0.305. The zero-order valence-corrected chi connectivity index (χ0v) is 20.9. The van der Waals surface area contributed by atoms with Gasteiger partial charge in [-0.05, 0) is 49.2 Å². The molecule has 34 heavy (non-hydrogen) atoms. The second-order valence-corrected chi connectivity index (χ2v) is 8.77. The van der Waals surface area contributed by atoms with Crippen LogP contribution in [0.4, 0.5) is 0 Å². The standard InChI is InChI=1S/C24H27ClN4O4S/c1-4-33-23(31)11-10-22(30)26-14-21-27-28-24(29(21)20-13-18(25)9-8-16(20)2)34-15-17-6-5-7-19(12-17)32-3/h5-9,12-13H,4,10-11,14-15H2,1-3H3,(H,26,30). The van der Waals surface area contributed by atoms with Crippen LogP contribution in [0.2, 0.25) is 5.02 Å². The number of amides is 1. The van der Waals surface area contributed by atoms with Gasteiger partial charge in [-0.15, -0.1) is 10.2 Å². The first-order valence-electron chi connectivity index (χ1n) is 10.8. The van der Waals surface area contributed by atoms with Crippen LogP contribution >= 0.6 is 23.4 Å². The average Bonchev–Trinajstić information content (AvgIpc) is 3.24. The van der Waals surface area contributed by atoms with E-state index in [1.807, 2.05) is 54.0 Å². The molecule has 0 radical (unpaired) electrons. The first-order chi connectivity index (χ1) is 16.4. The van der Waals surface area contributed by atoms with Crippen LogP contribution in [0, 0.1) is 6.92 Å². The summed E-state index contributed by atoms with van der Waals surface area (Å²) in [5, 5.41) is 12.8. The van der Waals surface area contributed by atoms with Gasteiger partial charge in [-0.3, -0.25) is 14.2 Å². The molecule has 0 saturated carbocycles. The van der Waals surface area contributed by atoms with E-state index in [1.54, 1.807) is 14.0 Å². The number of methoxy groups -OCH3 is 1. The predicted molar refractivity (Wildman–Crippen MR) is 131 cm³/mol. The Bertz CT molecular complexity index is 1150. The fourth-order valence-electron chi connectivity index (χ4n) is 3.20. The third-order valence-electron chi connectivity index (χ3n) is 4.92. The highest BCUT2D eigenvalue weighted by molar-refractivity contribution is 7.98. The molecule has 1 amide bonds. The summed E-state index contributed by atoms with van der Waals surface area (Å²) in [6, 6.07) is 13.4. The summed E-state index contributed by atoms with van der Waals surface area (Å²) in [5.41, 5.74) is 2.90. The summed E-state index contributed by atoms with van der Waals surface area (Å²) in [6.45, 7) is 4.15. The molecule has 10 heteroatoms. The van der Waals surface area contributed by atoms with Crippen LogP contribution in [0.25, 0.3) is 5.69 Å². The number of hydrogen-bond acceptors (Lipinski definition) is 7. The number of carbonyl (C=O) groups excluding carboxylic acids is 2. The Hall–Kier alpha value is -3.04. The molecule has 0 bridgehead atoms. The van der Waals surface area contributed by atoms with Crippen LogP contribution in [0.1, 0.15) is 36.7 Å². The molecule has 1 aromatic heterocycles. The molecule has 0 unspecified atom stereocenters. The van der Waals surface area contributed by atoms with Gasteiger partial charge in [0.15, 0.2) is 11.0 Å². The molecular weight excluding hydrogens is 476 g/mol. The maximum atomic E-state index is 12.3. The van der Waals surface area contributed by atoms with Gasteiger partial charge < -0.3 is 14.8 Å². The van der Waals surface area contributed by atoms with E-state index < -0.39 is 5.97 Å². The summed E-state index contributed by atoms with van der Waals surface area (Å²) >= 11 is 7.80. The van der Waals surface area contributed by atoms with E-state index in [9.17, 15) is 9.59 Å². The maximum absolute atomic E-state index is 12.3. The Morgan fingerprint density at radius 3 is 2.74 bits per heavy atom. The first kappa shape index (κ1) is 25.6. The molecule has 3 rings (SSSR count). The van der Waals surface area contributed by atoms with Gasteiger partial charge in [0.25, 0.3) is 0 Å². The van der Waals surface area contributed by atoms with E-state index in [4.69, 9.17) is 21.1 Å². The van der Waals surface area contributed by atoms with Crippen LogP contribution < -0.4 is 10.1 Å². The molecule has 0 atom stereocenters. The van der Waals surface area contributed by atoms with E-state index in [-0.39, 0.29) is 25.3 Å². The van der Waals surface area contributed by atoms with Crippen molar-refractivity contribution in [3.05, 3.63) is 64.4 Å². The number of rotatable bonds is 11. The summed E-state index contributed by atoms with van der Waals surface area (Å²) < 4.78 is 12.1. The molecule has 1 N–H and O–H groups in total. The predicted octanol–water partition coefficient (Wildman–Crippen LogP) is 4.49. The van der Waals surface area contributed by atoms with E-state index in [0.29, 0.717) is 28.4 Å². The number of halogens is 1. The summed E-state index contributed by atoms with van der Waals surface area (Å²) in [7, 11) is 1.64. The molecule has 1 heterocycles. The molecule has 0 aliphatic carbocycles. The van der Waals surface area contributed by atoms with Crippen molar-refractivity contribution < 1.29 is 19.1 Å². The first-order valence-corrected chi connectivity index (χ1v) is 12.2. The minimum Gasteiger partial charge on any atom is -0.497 e. The van der Waals surface area contributed by atoms with Crippen LogP contribution in [0.15, 0.2) is 47.6 Å². The van der Waals surface area contributed by atoms with Crippen molar-refractivity contribution in [1.29, 1.82) is 0 Å². The lowest BCUT2D eigenvalue weighted by Gasteiger charge is -2.14. The number of thioether (sulfide) groups is 1. The molecule has 0 aliphatic heterocycles. The van der Waals surface area contributed by atoms with Crippen LogP contribution in [0.5, 0.6) is 5.75 Å². The van der Waals surface area contributed by atoms with Crippen LogP contribution in [-0.2, 0) is 26.6 Å². The Labute approximate surface area is 208 Å². The molecule has 180 valence electrons. The van der Waals surface area contributed by atoms with Gasteiger partial charge in [-0.25, -0.2) is 0 Å². The van der Waals surface area contributed by atoms with E-state index in [0.717, 1.165) is 22.6 Å². The Balaban J connectivity index is 1.79. The van der Waals surface area contributed by atoms with Gasteiger partial charge in [0.1, 0.15) is 5.75 Å². The highest BCUT2D eigenvalue weighted by atomic mass is 35.5. The van der Waals surface area contributed by atoms with Gasteiger partial charge in [0.05, 0.1) is 32.4 Å². The van der Waals surface area contributed by atoms with Crippen molar-refractivity contribution in [2.45, 2.75) is 44.1 Å². The second-order valence-electron chi connectivity index (χ2n) is 7.39. The Morgan fingerprint density at radius 1 is 1.15 bits per heavy atom. The smallest absolute Gasteiger partial charge is 0.306 e. The number of esters is 1. The Morgan fingerprint density at radius 2 is 1.97 bits per heavy atom. The van der Waals surface area contributed by atoms with Gasteiger partial charge in [0, 0.05) is 17.2 Å². The minimum absolute atomic E-state index is 0.0292. The molecule has 0 spiro atoms. The highest BCUT2D eigenvalue weighted by Crippen LogP contribution is 2.29. The number of benzene rings is 2. The molecule has 0 saturated heterocycles. The van der Waals surface area contributed by atoms with E-state index in [1.165, 1.54) is 11.8 Å². The molecule has 0 fully saturated rings. The largest absolute Gasteiger partial charge is 0.497 e. The van der Waals surface area contributed by atoms with Crippen molar-refractivity contribution >= 4 is 35.2 Å². The zero-order valence-electron chi connectivity index (χ0n) is 19.3. The number of nitrogens with one attached hydrogen (secondary N) is 1. The van der Waals surface area contributed by atoms with Crippen molar-refractivity contribution in [2.24, 2.45) is 0 Å². The number of ether oxygens (including phenoxy) is 2. The Kier molecular flexibility index (Phi) is 9.35. The molecular formula is C24H27ClN4O4S. The van der Waals surface area contributed by atoms with Gasteiger partial charge >= 0.3 is 5.97 Å². The molecule has 0 aliphatic rings. The topological polar surface area (TPSA) is 95.3 Å². The molecule has 3 aromatic rings. The summed E-state index contributed by atoms with van der Waals surface area (Å²) in [6.07, 6.45) is 0.0714. The number of aromatic nitrogens is 3. The number of aryl methyl sites for hydroxylation is 1. The normalized spacial score (nSPS) is 10.7. The summed E-state index contributed by atoms with van der Waals surface area (Å²) in [4.78, 5) is 23.8. The van der Waals surface area contributed by atoms with E-state index >= 15 is 0 Å². The van der Waals surface area contributed by atoms with E-state index in [2.05, 4.69) is 15.5 Å². The molecule has 8 nitrogen and oxygen atoms in total. The monoisotopic (exact) mass is 502 g/mol. The highest BCUT2D eigenvalue weighted by Gasteiger charge is 2.18.